The van der Waals surface area contributed by atoms with Gasteiger partial charge in [0, 0.05) is 12.0 Å². The van der Waals surface area contributed by atoms with Gasteiger partial charge in [-0.3, -0.25) is 0 Å². The highest BCUT2D eigenvalue weighted by Crippen LogP contribution is 2.39. The van der Waals surface area contributed by atoms with E-state index in [0.29, 0.717) is 18.6 Å². The van der Waals surface area contributed by atoms with Gasteiger partial charge >= 0.3 is 0 Å². The lowest BCUT2D eigenvalue weighted by Crippen LogP contribution is -2.53. The molecule has 2 nitrogen and oxygen atoms in total. The molecule has 1 N–H and O–H groups in total. The van der Waals surface area contributed by atoms with Crippen LogP contribution in [0.5, 0.6) is 0 Å². The number of rotatable bonds is 5. The van der Waals surface area contributed by atoms with E-state index in [1.54, 1.807) is 13.0 Å². The van der Waals surface area contributed by atoms with Gasteiger partial charge in [0.15, 0.2) is 0 Å². The summed E-state index contributed by atoms with van der Waals surface area (Å²) in [5, 5.41) is 0. The van der Waals surface area contributed by atoms with E-state index < -0.39 is 14.1 Å². The normalized spacial score (nSPS) is 19.9. The van der Waals surface area contributed by atoms with Crippen molar-refractivity contribution in [2.24, 2.45) is 0 Å². The van der Waals surface area contributed by atoms with Crippen LogP contribution >= 0.6 is 0 Å². The Kier molecular flexibility index (Phi) is 3.50. The van der Waals surface area contributed by atoms with Gasteiger partial charge in [0.2, 0.25) is 0 Å². The topological polar surface area (TPSA) is 37.3 Å². The predicted octanol–water partition coefficient (Wildman–Crippen LogP) is 2.67. The van der Waals surface area contributed by atoms with Crippen molar-refractivity contribution >= 4 is 9.35 Å². The van der Waals surface area contributed by atoms with Gasteiger partial charge in [-0.25, -0.2) is 4.21 Å². The van der Waals surface area contributed by atoms with Crippen molar-refractivity contribution in [3.8, 4) is 0 Å². The Labute approximate surface area is 81.6 Å². The van der Waals surface area contributed by atoms with Crippen molar-refractivity contribution in [1.82, 2.24) is 0 Å². The first-order valence-electron chi connectivity index (χ1n) is 4.69. The highest BCUT2D eigenvalue weighted by Gasteiger charge is 2.40. The third kappa shape index (κ3) is 2.20. The first-order chi connectivity index (χ1) is 5.71. The second-order valence-corrected chi connectivity index (χ2v) is 8.60. The maximum absolute atomic E-state index is 12.3. The van der Waals surface area contributed by atoms with E-state index in [-0.39, 0.29) is 0 Å². The molecular formula is C10H22O2S. The molecule has 0 aliphatic heterocycles. The van der Waals surface area contributed by atoms with Crippen LogP contribution in [0.4, 0.5) is 0 Å². The van der Waals surface area contributed by atoms with Gasteiger partial charge in [0.05, 0.1) is 4.75 Å². The van der Waals surface area contributed by atoms with Crippen molar-refractivity contribution in [2.75, 3.05) is 12.0 Å². The molecule has 1 unspecified atom stereocenters. The standard InChI is InChI=1S/C10H22O2S/c1-6-9-10(4,7-2)13(5,11,12)8-3/h6H,1,7-9H2,2-5H3,(H,11,12). The van der Waals surface area contributed by atoms with Crippen LogP contribution in [0.2, 0.25) is 0 Å². The Balaban J connectivity index is 5.18. The Morgan fingerprint density at radius 1 is 1.54 bits per heavy atom. The minimum atomic E-state index is -3.49. The predicted molar refractivity (Wildman–Crippen MR) is 60.7 cm³/mol. The summed E-state index contributed by atoms with van der Waals surface area (Å²) >= 11 is 0. The smallest absolute Gasteiger partial charge is 0.0562 e. The molecule has 0 aromatic heterocycles. The zero-order valence-electron chi connectivity index (χ0n) is 9.17. The van der Waals surface area contributed by atoms with Crippen LogP contribution in [0.1, 0.15) is 33.6 Å². The van der Waals surface area contributed by atoms with Crippen LogP contribution < -0.4 is 0 Å². The Hall–Kier alpha value is -0.150. The molecule has 0 saturated heterocycles. The van der Waals surface area contributed by atoms with E-state index in [1.807, 2.05) is 13.8 Å². The van der Waals surface area contributed by atoms with Gasteiger partial charge in [-0.2, -0.15) is 9.35 Å². The van der Waals surface area contributed by atoms with Gasteiger partial charge < -0.3 is 4.55 Å². The molecular weight excluding hydrogens is 184 g/mol. The molecule has 0 aliphatic carbocycles. The molecule has 0 aliphatic rings. The Morgan fingerprint density at radius 2 is 2.00 bits per heavy atom. The SMILES string of the molecule is C=CCC(C)(CC)S(C)(=O)(O)CC. The molecule has 0 rings (SSSR count). The molecule has 80 valence electrons. The molecule has 0 radical (unpaired) electrons. The molecule has 13 heavy (non-hydrogen) atoms. The lowest BCUT2D eigenvalue weighted by molar-refractivity contribution is 0.450. The van der Waals surface area contributed by atoms with Crippen LogP contribution in [-0.2, 0) is 9.35 Å². The summed E-state index contributed by atoms with van der Waals surface area (Å²) in [7, 11) is -3.49. The summed E-state index contributed by atoms with van der Waals surface area (Å²) in [6.45, 7) is 9.23. The first-order valence-corrected chi connectivity index (χ1v) is 7.19. The van der Waals surface area contributed by atoms with Crippen LogP contribution in [0, 0.1) is 0 Å². The summed E-state index contributed by atoms with van der Waals surface area (Å²) in [5.41, 5.74) is 0. The molecule has 0 spiro atoms. The van der Waals surface area contributed by atoms with E-state index in [1.165, 1.54) is 6.26 Å². The van der Waals surface area contributed by atoms with Gasteiger partial charge in [0.25, 0.3) is 0 Å². The monoisotopic (exact) mass is 206 g/mol. The second kappa shape index (κ2) is 3.54. The Morgan fingerprint density at radius 3 is 2.23 bits per heavy atom. The lowest BCUT2D eigenvalue weighted by Gasteiger charge is -2.52. The number of hydrogen-bond donors (Lipinski definition) is 1. The van der Waals surface area contributed by atoms with Crippen LogP contribution in [0.15, 0.2) is 12.7 Å². The summed E-state index contributed by atoms with van der Waals surface area (Å²) in [5.74, 6) is 0.315. The second-order valence-electron chi connectivity index (χ2n) is 4.07. The largest absolute Gasteiger partial charge is 0.302 e. The van der Waals surface area contributed by atoms with Gasteiger partial charge in [-0.1, -0.05) is 13.0 Å². The molecule has 3 heteroatoms. The van der Waals surface area contributed by atoms with E-state index >= 15 is 0 Å². The minimum Gasteiger partial charge on any atom is -0.302 e. The van der Waals surface area contributed by atoms with Crippen LogP contribution in [-0.4, -0.2) is 25.5 Å². The molecule has 0 saturated carbocycles. The van der Waals surface area contributed by atoms with Crippen molar-refractivity contribution in [2.45, 2.75) is 38.4 Å². The number of hydrogen-bond acceptors (Lipinski definition) is 1. The third-order valence-corrected chi connectivity index (χ3v) is 7.61. The van der Waals surface area contributed by atoms with Crippen LogP contribution in [0.25, 0.3) is 0 Å². The van der Waals surface area contributed by atoms with Crippen molar-refractivity contribution in [1.29, 1.82) is 0 Å². The summed E-state index contributed by atoms with van der Waals surface area (Å²) in [6.07, 6.45) is 4.51. The fraction of sp³-hybridized carbons (Fsp3) is 0.800. The van der Waals surface area contributed by atoms with E-state index in [0.717, 1.165) is 0 Å². The maximum Gasteiger partial charge on any atom is 0.0562 e. The summed E-state index contributed by atoms with van der Waals surface area (Å²) in [6, 6.07) is 0. The fourth-order valence-electron chi connectivity index (χ4n) is 1.38. The van der Waals surface area contributed by atoms with Crippen LogP contribution in [0.3, 0.4) is 0 Å². The minimum absolute atomic E-state index is 0.315. The molecule has 0 fully saturated rings. The van der Waals surface area contributed by atoms with Crippen molar-refractivity contribution in [3.63, 3.8) is 0 Å². The maximum atomic E-state index is 12.3. The highest BCUT2D eigenvalue weighted by molar-refractivity contribution is 8.15. The fourth-order valence-corrected chi connectivity index (χ4v) is 3.36. The third-order valence-electron chi connectivity index (χ3n) is 3.27. The quantitative estimate of drug-likeness (QED) is 0.702. The van der Waals surface area contributed by atoms with Gasteiger partial charge in [-0.15, -0.1) is 6.58 Å². The molecule has 0 aromatic carbocycles. The molecule has 0 heterocycles. The summed E-state index contributed by atoms with van der Waals surface area (Å²) < 4.78 is 21.9. The average Bonchev–Trinajstić information content (AvgIpc) is 2.04. The van der Waals surface area contributed by atoms with Crippen molar-refractivity contribution < 1.29 is 8.76 Å². The lowest BCUT2D eigenvalue weighted by atomic mass is 10.0. The summed E-state index contributed by atoms with van der Waals surface area (Å²) in [4.78, 5) is 0. The molecule has 0 aromatic rings. The Bertz CT molecular complexity index is 252. The van der Waals surface area contributed by atoms with Gasteiger partial charge in [0.1, 0.15) is 0 Å². The van der Waals surface area contributed by atoms with E-state index in [2.05, 4.69) is 6.58 Å². The number of allylic oxidation sites excluding steroid dienone is 1. The first kappa shape index (κ1) is 12.8. The zero-order valence-corrected chi connectivity index (χ0v) is 9.99. The average molecular weight is 206 g/mol. The van der Waals surface area contributed by atoms with Crippen molar-refractivity contribution in [3.05, 3.63) is 12.7 Å². The van der Waals surface area contributed by atoms with Gasteiger partial charge in [-0.05, 0) is 26.7 Å². The van der Waals surface area contributed by atoms with E-state index in [9.17, 15) is 8.76 Å². The zero-order chi connectivity index (χ0) is 10.8. The molecule has 1 atom stereocenters. The molecule has 0 amide bonds. The van der Waals surface area contributed by atoms with E-state index in [4.69, 9.17) is 0 Å². The molecule has 0 bridgehead atoms. The highest BCUT2D eigenvalue weighted by atomic mass is 32.3.